The number of aryl methyl sites for hydroxylation is 2. The number of halogens is 2. The third kappa shape index (κ3) is 2.72. The summed E-state index contributed by atoms with van der Waals surface area (Å²) >= 11 is 3.25. The second kappa shape index (κ2) is 5.10. The van der Waals surface area contributed by atoms with E-state index >= 15 is 0 Å². The lowest BCUT2D eigenvalue weighted by atomic mass is 10.1. The smallest absolute Gasteiger partial charge is 0.148 e. The molecular weight excluding hydrogens is 297 g/mol. The highest BCUT2D eigenvalue weighted by Crippen LogP contribution is 2.23. The molecule has 0 aliphatic rings. The molecule has 18 heavy (non-hydrogen) atoms. The third-order valence-corrected chi connectivity index (χ3v) is 3.40. The molecular formula is C13H15BrFN3. The predicted octanol–water partition coefficient (Wildman–Crippen LogP) is 3.80. The van der Waals surface area contributed by atoms with Crippen LogP contribution < -0.4 is 5.32 Å². The minimum atomic E-state index is -0.225. The van der Waals surface area contributed by atoms with Crippen LogP contribution in [0.2, 0.25) is 0 Å². The average Bonchev–Trinajstić information content (AvgIpc) is 2.57. The molecule has 1 heterocycles. The fraction of sp³-hybridized carbons (Fsp3) is 0.308. The van der Waals surface area contributed by atoms with E-state index < -0.39 is 0 Å². The number of hydrogen-bond acceptors (Lipinski definition) is 2. The Bertz CT molecular complexity index is 546. The van der Waals surface area contributed by atoms with Crippen molar-refractivity contribution in [1.82, 2.24) is 9.78 Å². The van der Waals surface area contributed by atoms with Crippen LogP contribution in [0.3, 0.4) is 0 Å². The molecule has 3 nitrogen and oxygen atoms in total. The first-order valence-corrected chi connectivity index (χ1v) is 6.49. The molecule has 0 aliphatic carbocycles. The summed E-state index contributed by atoms with van der Waals surface area (Å²) in [7, 11) is 1.88. The Labute approximate surface area is 114 Å². The lowest BCUT2D eigenvalue weighted by molar-refractivity contribution is 0.598. The summed E-state index contributed by atoms with van der Waals surface area (Å²) < 4.78 is 16.3. The second-order valence-electron chi connectivity index (χ2n) is 4.33. The Balaban J connectivity index is 2.19. The molecule has 0 saturated heterocycles. The largest absolute Gasteiger partial charge is 0.362 e. The number of hydrogen-bond donors (Lipinski definition) is 1. The highest BCUT2D eigenvalue weighted by molar-refractivity contribution is 9.10. The molecule has 0 fully saturated rings. The zero-order chi connectivity index (χ0) is 13.3. The van der Waals surface area contributed by atoms with Crippen LogP contribution in [0.4, 0.5) is 10.2 Å². The summed E-state index contributed by atoms with van der Waals surface area (Å²) in [5, 5.41) is 7.49. The molecule has 1 aromatic carbocycles. The minimum Gasteiger partial charge on any atom is -0.362 e. The number of rotatable bonds is 3. The number of benzene rings is 1. The van der Waals surface area contributed by atoms with Crippen molar-refractivity contribution in [1.29, 1.82) is 0 Å². The van der Waals surface area contributed by atoms with Crippen molar-refractivity contribution in [3.05, 3.63) is 45.8 Å². The monoisotopic (exact) mass is 311 g/mol. The van der Waals surface area contributed by atoms with Crippen molar-refractivity contribution < 1.29 is 4.39 Å². The van der Waals surface area contributed by atoms with Crippen molar-refractivity contribution in [2.45, 2.75) is 19.9 Å². The van der Waals surface area contributed by atoms with E-state index in [1.165, 1.54) is 6.07 Å². The van der Waals surface area contributed by atoms with E-state index in [1.54, 1.807) is 10.7 Å². The van der Waals surface area contributed by atoms with Gasteiger partial charge in [0.15, 0.2) is 0 Å². The van der Waals surface area contributed by atoms with E-state index in [-0.39, 0.29) is 11.9 Å². The van der Waals surface area contributed by atoms with Crippen molar-refractivity contribution >= 4 is 21.7 Å². The zero-order valence-electron chi connectivity index (χ0n) is 10.5. The normalized spacial score (nSPS) is 12.5. The molecule has 1 N–H and O–H groups in total. The standard InChI is InChI=1S/C13H15BrFN3/c1-8-6-13(17-18(8)3)16-9(2)11-5-4-10(14)7-12(11)15/h4-7,9H,1-3H3,(H,16,17). The van der Waals surface area contributed by atoms with Crippen molar-refractivity contribution in [2.24, 2.45) is 7.05 Å². The van der Waals surface area contributed by atoms with Gasteiger partial charge in [-0.2, -0.15) is 5.10 Å². The molecule has 2 rings (SSSR count). The first kappa shape index (κ1) is 13.1. The van der Waals surface area contributed by atoms with Gasteiger partial charge in [-0.15, -0.1) is 0 Å². The van der Waals surface area contributed by atoms with Crippen LogP contribution in [0.15, 0.2) is 28.7 Å². The van der Waals surface area contributed by atoms with Gasteiger partial charge < -0.3 is 5.32 Å². The Morgan fingerprint density at radius 1 is 1.39 bits per heavy atom. The molecule has 0 spiro atoms. The van der Waals surface area contributed by atoms with Crippen LogP contribution in [0.1, 0.15) is 24.2 Å². The number of nitrogens with zero attached hydrogens (tertiary/aromatic N) is 2. The molecule has 0 saturated carbocycles. The maximum absolute atomic E-state index is 13.8. The van der Waals surface area contributed by atoms with Gasteiger partial charge in [0.25, 0.3) is 0 Å². The Morgan fingerprint density at radius 2 is 2.11 bits per heavy atom. The molecule has 1 aromatic heterocycles. The first-order valence-electron chi connectivity index (χ1n) is 5.69. The van der Waals surface area contributed by atoms with Gasteiger partial charge in [-0.1, -0.05) is 22.0 Å². The van der Waals surface area contributed by atoms with Gasteiger partial charge in [0.05, 0.1) is 6.04 Å². The minimum absolute atomic E-state index is 0.132. The van der Waals surface area contributed by atoms with Crippen LogP contribution in [0, 0.1) is 12.7 Å². The van der Waals surface area contributed by atoms with E-state index in [0.29, 0.717) is 5.56 Å². The summed E-state index contributed by atoms with van der Waals surface area (Å²) in [6.45, 7) is 3.89. The number of anilines is 1. The van der Waals surface area contributed by atoms with Gasteiger partial charge >= 0.3 is 0 Å². The number of nitrogens with one attached hydrogen (secondary N) is 1. The zero-order valence-corrected chi connectivity index (χ0v) is 12.1. The maximum atomic E-state index is 13.8. The molecule has 2 aromatic rings. The van der Waals surface area contributed by atoms with E-state index in [9.17, 15) is 4.39 Å². The fourth-order valence-corrected chi connectivity index (χ4v) is 2.12. The molecule has 1 unspecified atom stereocenters. The van der Waals surface area contributed by atoms with Crippen molar-refractivity contribution in [3.63, 3.8) is 0 Å². The van der Waals surface area contributed by atoms with Crippen molar-refractivity contribution in [2.75, 3.05) is 5.32 Å². The van der Waals surface area contributed by atoms with E-state index in [4.69, 9.17) is 0 Å². The summed E-state index contributed by atoms with van der Waals surface area (Å²) in [5.74, 6) is 0.529. The van der Waals surface area contributed by atoms with Crippen LogP contribution in [-0.4, -0.2) is 9.78 Å². The van der Waals surface area contributed by atoms with Gasteiger partial charge in [-0.05, 0) is 26.0 Å². The highest BCUT2D eigenvalue weighted by atomic mass is 79.9. The van der Waals surface area contributed by atoms with E-state index in [1.807, 2.05) is 33.0 Å². The fourth-order valence-electron chi connectivity index (χ4n) is 1.78. The molecule has 0 amide bonds. The maximum Gasteiger partial charge on any atom is 0.148 e. The molecule has 0 aliphatic heterocycles. The SMILES string of the molecule is Cc1cc(NC(C)c2ccc(Br)cc2F)nn1C. The highest BCUT2D eigenvalue weighted by Gasteiger charge is 2.12. The van der Waals surface area contributed by atoms with Crippen LogP contribution in [0.5, 0.6) is 0 Å². The van der Waals surface area contributed by atoms with Gasteiger partial charge in [0, 0.05) is 28.8 Å². The molecule has 1 atom stereocenters. The Kier molecular flexibility index (Phi) is 3.71. The van der Waals surface area contributed by atoms with Crippen molar-refractivity contribution in [3.8, 4) is 0 Å². The van der Waals surface area contributed by atoms with Gasteiger partial charge in [-0.25, -0.2) is 4.39 Å². The Hall–Kier alpha value is -1.36. The Morgan fingerprint density at radius 3 is 2.67 bits per heavy atom. The second-order valence-corrected chi connectivity index (χ2v) is 5.24. The van der Waals surface area contributed by atoms with E-state index in [0.717, 1.165) is 16.0 Å². The predicted molar refractivity (Wildman–Crippen MR) is 74.1 cm³/mol. The summed E-state index contributed by atoms with van der Waals surface area (Å²) in [6.07, 6.45) is 0. The van der Waals surface area contributed by atoms with E-state index in [2.05, 4.69) is 26.3 Å². The summed E-state index contributed by atoms with van der Waals surface area (Å²) in [4.78, 5) is 0. The van der Waals surface area contributed by atoms with Crippen LogP contribution >= 0.6 is 15.9 Å². The average molecular weight is 312 g/mol. The lowest BCUT2D eigenvalue weighted by Gasteiger charge is -2.14. The summed E-state index contributed by atoms with van der Waals surface area (Å²) in [5.41, 5.74) is 1.68. The molecule has 0 radical (unpaired) electrons. The molecule has 5 heteroatoms. The summed E-state index contributed by atoms with van der Waals surface area (Å²) in [6, 6.07) is 6.88. The van der Waals surface area contributed by atoms with Gasteiger partial charge in [0.2, 0.25) is 0 Å². The quantitative estimate of drug-likeness (QED) is 0.934. The third-order valence-electron chi connectivity index (χ3n) is 2.91. The van der Waals surface area contributed by atoms with Gasteiger partial charge in [-0.3, -0.25) is 4.68 Å². The molecule has 96 valence electrons. The van der Waals surface area contributed by atoms with Gasteiger partial charge in [0.1, 0.15) is 11.6 Å². The van der Waals surface area contributed by atoms with Crippen LogP contribution in [-0.2, 0) is 7.05 Å². The van der Waals surface area contributed by atoms with Crippen LogP contribution in [0.25, 0.3) is 0 Å². The topological polar surface area (TPSA) is 29.9 Å². The first-order chi connectivity index (χ1) is 8.47. The molecule has 0 bridgehead atoms. The lowest BCUT2D eigenvalue weighted by Crippen LogP contribution is -2.09. The number of aromatic nitrogens is 2.